The van der Waals surface area contributed by atoms with Gasteiger partial charge in [-0.25, -0.2) is 0 Å². The third-order valence-electron chi connectivity index (χ3n) is 10.6. The number of piperidine rings is 1. The summed E-state index contributed by atoms with van der Waals surface area (Å²) in [6.07, 6.45) is 1.25. The molecule has 3 aliphatic heterocycles. The van der Waals surface area contributed by atoms with Gasteiger partial charge in [-0.2, -0.15) is 0 Å². The van der Waals surface area contributed by atoms with Crippen molar-refractivity contribution in [2.24, 2.45) is 0 Å². The van der Waals surface area contributed by atoms with Crippen LogP contribution in [0.25, 0.3) is 11.1 Å². The quantitative estimate of drug-likeness (QED) is 0.118. The Hall–Kier alpha value is -6.14. The smallest absolute Gasteiger partial charge is 0.255 e. The molecule has 3 heterocycles. The fraction of sp³-hybridized carbons (Fsp3) is 0.302. The van der Waals surface area contributed by atoms with Crippen LogP contribution in [-0.2, 0) is 20.9 Å². The van der Waals surface area contributed by atoms with E-state index in [1.165, 1.54) is 4.90 Å². The topological polar surface area (TPSA) is 152 Å². The molecule has 4 amide bonds. The summed E-state index contributed by atoms with van der Waals surface area (Å²) >= 11 is 0. The summed E-state index contributed by atoms with van der Waals surface area (Å²) < 4.78 is 6.14. The predicted molar refractivity (Wildman–Crippen MR) is 208 cm³/mol. The van der Waals surface area contributed by atoms with Crippen LogP contribution in [0.4, 0.5) is 5.69 Å². The van der Waals surface area contributed by atoms with E-state index in [0.717, 1.165) is 65.2 Å². The van der Waals surface area contributed by atoms with Crippen LogP contribution >= 0.6 is 0 Å². The van der Waals surface area contributed by atoms with Crippen molar-refractivity contribution < 1.29 is 34.1 Å². The summed E-state index contributed by atoms with van der Waals surface area (Å²) in [6.45, 7) is 6.28. The van der Waals surface area contributed by atoms with Gasteiger partial charge in [0.25, 0.3) is 5.91 Å². The Kier molecular flexibility index (Phi) is 11.1. The van der Waals surface area contributed by atoms with Gasteiger partial charge in [0, 0.05) is 62.5 Å². The first-order valence-corrected chi connectivity index (χ1v) is 18.7. The second-order valence-corrected chi connectivity index (χ2v) is 14.0. The SMILES string of the molecule is CCC(=C(c1ccc(O)cc1)c1ccc(OCCN2CCN(C(=O)CNc3cccc4c3CN(C3CCC(=O)NC3=O)C4=O)CC2)cc1)c1ccc(O)cc1. The first kappa shape index (κ1) is 37.2. The van der Waals surface area contributed by atoms with Crippen LogP contribution in [-0.4, -0.2) is 100 Å². The zero-order valence-corrected chi connectivity index (χ0v) is 30.8. The van der Waals surface area contributed by atoms with Gasteiger partial charge < -0.3 is 30.1 Å². The highest BCUT2D eigenvalue weighted by Crippen LogP contribution is 2.36. The van der Waals surface area contributed by atoms with Gasteiger partial charge in [0.05, 0.1) is 6.54 Å². The number of ether oxygens (including phenoxy) is 1. The van der Waals surface area contributed by atoms with Gasteiger partial charge in [-0.05, 0) is 89.2 Å². The summed E-state index contributed by atoms with van der Waals surface area (Å²) in [7, 11) is 0. The van der Waals surface area contributed by atoms with Crippen molar-refractivity contribution in [3.05, 3.63) is 119 Å². The zero-order chi connectivity index (χ0) is 38.5. The number of anilines is 1. The molecule has 12 heteroatoms. The fourth-order valence-corrected chi connectivity index (χ4v) is 7.60. The van der Waals surface area contributed by atoms with Gasteiger partial charge in [-0.3, -0.25) is 29.4 Å². The number of phenols is 2. The Morgan fingerprint density at radius 2 is 1.47 bits per heavy atom. The van der Waals surface area contributed by atoms with Crippen molar-refractivity contribution >= 4 is 40.5 Å². The van der Waals surface area contributed by atoms with E-state index >= 15 is 0 Å². The maximum Gasteiger partial charge on any atom is 0.255 e. The van der Waals surface area contributed by atoms with E-state index in [1.54, 1.807) is 36.4 Å². The largest absolute Gasteiger partial charge is 0.508 e. The molecule has 0 aliphatic carbocycles. The molecule has 0 spiro atoms. The van der Waals surface area contributed by atoms with Gasteiger partial charge in [-0.15, -0.1) is 0 Å². The number of allylic oxidation sites excluding steroid dienone is 1. The zero-order valence-electron chi connectivity index (χ0n) is 30.8. The molecule has 4 N–H and O–H groups in total. The van der Waals surface area contributed by atoms with Gasteiger partial charge in [0.1, 0.15) is 29.9 Å². The van der Waals surface area contributed by atoms with Gasteiger partial charge >= 0.3 is 0 Å². The second-order valence-electron chi connectivity index (χ2n) is 14.0. The number of imide groups is 1. The molecule has 1 unspecified atom stereocenters. The van der Waals surface area contributed by atoms with Crippen LogP contribution < -0.4 is 15.4 Å². The Bertz CT molecular complexity index is 2090. The lowest BCUT2D eigenvalue weighted by Gasteiger charge is -2.34. The number of aromatic hydroxyl groups is 2. The van der Waals surface area contributed by atoms with E-state index in [0.29, 0.717) is 37.4 Å². The van der Waals surface area contributed by atoms with Crippen LogP contribution in [0, 0.1) is 0 Å². The number of fused-ring (bicyclic) bond motifs is 1. The number of piperazine rings is 1. The average Bonchev–Trinajstić information content (AvgIpc) is 3.53. The lowest BCUT2D eigenvalue weighted by molar-refractivity contribution is -0.137. The van der Waals surface area contributed by atoms with Crippen LogP contribution in [0.1, 0.15) is 58.8 Å². The number of nitrogens with zero attached hydrogens (tertiary/aromatic N) is 3. The second kappa shape index (κ2) is 16.5. The summed E-state index contributed by atoms with van der Waals surface area (Å²) in [4.78, 5) is 56.0. The van der Waals surface area contributed by atoms with Crippen molar-refractivity contribution in [2.75, 3.05) is 51.2 Å². The normalized spacial score (nSPS) is 17.8. The van der Waals surface area contributed by atoms with Crippen LogP contribution in [0.3, 0.4) is 0 Å². The number of nitrogens with one attached hydrogen (secondary N) is 2. The molecular formula is C43H45N5O7. The summed E-state index contributed by atoms with van der Waals surface area (Å²) in [5.74, 6) is 0.111. The van der Waals surface area contributed by atoms with Crippen molar-refractivity contribution in [1.82, 2.24) is 20.0 Å². The molecular weight excluding hydrogens is 699 g/mol. The lowest BCUT2D eigenvalue weighted by Crippen LogP contribution is -2.52. The Morgan fingerprint density at radius 3 is 2.11 bits per heavy atom. The Balaban J connectivity index is 0.898. The third-order valence-corrected chi connectivity index (χ3v) is 10.6. The van der Waals surface area contributed by atoms with Crippen LogP contribution in [0.5, 0.6) is 17.2 Å². The van der Waals surface area contributed by atoms with Gasteiger partial charge in [0.15, 0.2) is 0 Å². The maximum atomic E-state index is 13.2. The van der Waals surface area contributed by atoms with Crippen molar-refractivity contribution in [3.8, 4) is 17.2 Å². The molecule has 0 bridgehead atoms. The van der Waals surface area contributed by atoms with Crippen molar-refractivity contribution in [2.45, 2.75) is 38.8 Å². The highest BCUT2D eigenvalue weighted by Gasteiger charge is 2.40. The number of benzene rings is 4. The molecule has 0 saturated carbocycles. The number of hydrogen-bond donors (Lipinski definition) is 4. The number of phenolic OH excluding ortho intramolecular Hbond substituents is 2. The predicted octanol–water partition coefficient (Wildman–Crippen LogP) is 4.86. The molecule has 7 rings (SSSR count). The molecule has 4 aromatic carbocycles. The highest BCUT2D eigenvalue weighted by atomic mass is 16.5. The first-order chi connectivity index (χ1) is 26.7. The van der Waals surface area contributed by atoms with Crippen molar-refractivity contribution in [3.63, 3.8) is 0 Å². The van der Waals surface area contributed by atoms with Crippen molar-refractivity contribution in [1.29, 1.82) is 0 Å². The van der Waals surface area contributed by atoms with E-state index in [1.807, 2.05) is 59.5 Å². The molecule has 0 aromatic heterocycles. The number of hydrogen-bond acceptors (Lipinski definition) is 9. The van der Waals surface area contributed by atoms with E-state index in [9.17, 15) is 29.4 Å². The van der Waals surface area contributed by atoms with Gasteiger partial charge in [-0.1, -0.05) is 49.4 Å². The highest BCUT2D eigenvalue weighted by molar-refractivity contribution is 6.06. The third kappa shape index (κ3) is 8.34. The minimum Gasteiger partial charge on any atom is -0.508 e. The molecule has 2 saturated heterocycles. The first-order valence-electron chi connectivity index (χ1n) is 18.7. The molecule has 0 radical (unpaired) electrons. The molecule has 12 nitrogen and oxygen atoms in total. The maximum absolute atomic E-state index is 13.2. The number of amides is 4. The Labute approximate surface area is 320 Å². The Morgan fingerprint density at radius 1 is 0.836 bits per heavy atom. The standard InChI is InChI=1S/C43H45N5O7/c1-2-34(28-6-12-31(49)13-7-28)41(29-8-14-32(50)15-9-29)30-10-16-33(17-11-30)55-25-24-46-20-22-47(23-21-46)40(52)26-44-37-5-3-4-35-36(37)27-48(43(35)54)38-18-19-39(51)45-42(38)53/h3-17,38,44,49-50H,2,18-27H2,1H3,(H,45,51,53). The number of rotatable bonds is 12. The van der Waals surface area contributed by atoms with E-state index in [2.05, 4.69) is 22.5 Å². The average molecular weight is 744 g/mol. The fourth-order valence-electron chi connectivity index (χ4n) is 7.60. The van der Waals surface area contributed by atoms with Crippen LogP contribution in [0.15, 0.2) is 91.0 Å². The molecule has 3 aliphatic rings. The summed E-state index contributed by atoms with van der Waals surface area (Å²) in [6, 6.07) is 27.1. The summed E-state index contributed by atoms with van der Waals surface area (Å²) in [5, 5.41) is 25.4. The molecule has 284 valence electrons. The molecule has 1 atom stereocenters. The minimum absolute atomic E-state index is 0.0303. The molecule has 55 heavy (non-hydrogen) atoms. The van der Waals surface area contributed by atoms with E-state index in [-0.39, 0.29) is 48.7 Å². The van der Waals surface area contributed by atoms with E-state index < -0.39 is 11.9 Å². The molecule has 2 fully saturated rings. The number of carbonyl (C=O) groups excluding carboxylic acids is 4. The monoisotopic (exact) mass is 743 g/mol. The lowest BCUT2D eigenvalue weighted by atomic mass is 9.88. The van der Waals surface area contributed by atoms with E-state index in [4.69, 9.17) is 4.74 Å². The van der Waals surface area contributed by atoms with Gasteiger partial charge in [0.2, 0.25) is 17.7 Å². The minimum atomic E-state index is -0.695. The molecule has 4 aromatic rings. The number of carbonyl (C=O) groups is 4. The summed E-state index contributed by atoms with van der Waals surface area (Å²) in [5.41, 5.74) is 7.10. The van der Waals surface area contributed by atoms with Crippen LogP contribution in [0.2, 0.25) is 0 Å².